The zero-order chi connectivity index (χ0) is 24.8. The van der Waals surface area contributed by atoms with Crippen LogP contribution in [0.5, 0.6) is 11.5 Å². The number of methoxy groups -OCH3 is 1. The van der Waals surface area contributed by atoms with Gasteiger partial charge in [0, 0.05) is 40.9 Å². The summed E-state index contributed by atoms with van der Waals surface area (Å²) in [5.74, 6) is -3.04. The Morgan fingerprint density at radius 1 is 1.18 bits per heavy atom. The number of benzene rings is 2. The molecule has 1 aliphatic carbocycles. The highest BCUT2D eigenvalue weighted by atomic mass is 19.1. The van der Waals surface area contributed by atoms with Crippen molar-refractivity contribution in [3.8, 4) is 11.5 Å². The summed E-state index contributed by atoms with van der Waals surface area (Å²) in [5, 5.41) is 15.8. The molecular weight excluding hydrogens is 442 g/mol. The summed E-state index contributed by atoms with van der Waals surface area (Å²) >= 11 is 0. The molecule has 3 N–H and O–H groups in total. The topological polar surface area (TPSA) is 87.7 Å². The maximum atomic E-state index is 14.3. The van der Waals surface area contributed by atoms with Crippen LogP contribution in [0.25, 0.3) is 0 Å². The number of phenolic OH excluding ortho intramolecular Hbond substituents is 1. The molecule has 0 saturated carbocycles. The molecule has 1 amide bonds. The first-order chi connectivity index (χ1) is 16.0. The third kappa shape index (κ3) is 4.27. The molecule has 1 atom stereocenters. The zero-order valence-electron chi connectivity index (χ0n) is 19.4. The van der Waals surface area contributed by atoms with Crippen molar-refractivity contribution < 1.29 is 28.2 Å². The van der Waals surface area contributed by atoms with Crippen molar-refractivity contribution in [2.75, 3.05) is 12.4 Å². The van der Waals surface area contributed by atoms with Gasteiger partial charge in [0.1, 0.15) is 11.6 Å². The van der Waals surface area contributed by atoms with Crippen molar-refractivity contribution in [3.05, 3.63) is 76.1 Å². The number of amides is 1. The SMILES string of the molecule is COc1cc([C@@H]2C(C(=O)Nc3ccc(F)cc3F)=C(C)NC3=C2C(=O)CC(C)(C)C3)ccc1O. The number of carbonyl (C=O) groups is 2. The number of hydrogen-bond acceptors (Lipinski definition) is 5. The predicted molar refractivity (Wildman–Crippen MR) is 123 cm³/mol. The van der Waals surface area contributed by atoms with E-state index in [4.69, 9.17) is 4.74 Å². The monoisotopic (exact) mass is 468 g/mol. The highest BCUT2D eigenvalue weighted by Gasteiger charge is 2.43. The minimum absolute atomic E-state index is 0.0782. The highest BCUT2D eigenvalue weighted by molar-refractivity contribution is 6.10. The summed E-state index contributed by atoms with van der Waals surface area (Å²) in [5.41, 5.74) is 2.08. The van der Waals surface area contributed by atoms with Gasteiger partial charge >= 0.3 is 0 Å². The number of hydrogen-bond donors (Lipinski definition) is 3. The van der Waals surface area contributed by atoms with Gasteiger partial charge in [-0.1, -0.05) is 19.9 Å². The Bertz CT molecular complexity index is 1260. The molecule has 6 nitrogen and oxygen atoms in total. The summed E-state index contributed by atoms with van der Waals surface area (Å²) in [4.78, 5) is 26.8. The Labute approximate surface area is 196 Å². The maximum absolute atomic E-state index is 14.3. The molecule has 4 rings (SSSR count). The van der Waals surface area contributed by atoms with E-state index in [1.807, 2.05) is 13.8 Å². The van der Waals surface area contributed by atoms with Gasteiger partial charge < -0.3 is 20.5 Å². The average molecular weight is 469 g/mol. The highest BCUT2D eigenvalue weighted by Crippen LogP contribution is 2.47. The first-order valence-electron chi connectivity index (χ1n) is 10.9. The van der Waals surface area contributed by atoms with E-state index in [9.17, 15) is 23.5 Å². The van der Waals surface area contributed by atoms with Gasteiger partial charge in [0.2, 0.25) is 0 Å². The molecule has 0 saturated heterocycles. The second-order valence-corrected chi connectivity index (χ2v) is 9.44. The fourth-order valence-corrected chi connectivity index (χ4v) is 4.72. The van der Waals surface area contributed by atoms with E-state index in [1.54, 1.807) is 19.1 Å². The number of anilines is 1. The molecule has 178 valence electrons. The zero-order valence-corrected chi connectivity index (χ0v) is 19.4. The number of rotatable bonds is 4. The average Bonchev–Trinajstić information content (AvgIpc) is 2.74. The minimum Gasteiger partial charge on any atom is -0.504 e. The third-order valence-corrected chi connectivity index (χ3v) is 6.20. The summed E-state index contributed by atoms with van der Waals surface area (Å²) in [6.45, 7) is 5.73. The number of aromatic hydroxyl groups is 1. The number of ketones is 1. The summed E-state index contributed by atoms with van der Waals surface area (Å²) in [6.07, 6.45) is 0.915. The predicted octanol–water partition coefficient (Wildman–Crippen LogP) is 4.92. The smallest absolute Gasteiger partial charge is 0.254 e. The van der Waals surface area contributed by atoms with Crippen LogP contribution >= 0.6 is 0 Å². The van der Waals surface area contributed by atoms with Crippen LogP contribution in [0.4, 0.5) is 14.5 Å². The van der Waals surface area contributed by atoms with E-state index in [2.05, 4.69) is 10.6 Å². The van der Waals surface area contributed by atoms with Crippen molar-refractivity contribution in [1.29, 1.82) is 0 Å². The van der Waals surface area contributed by atoms with Gasteiger partial charge in [0.15, 0.2) is 17.3 Å². The standard InChI is InChI=1S/C26H26F2N2O4/c1-13-22(25(33)30-17-7-6-15(27)10-16(17)28)23(14-5-8-19(31)21(9-14)34-4)24-18(29-13)11-26(2,3)12-20(24)32/h5-10,23,29,31H,11-12H2,1-4H3,(H,30,33)/t23-/m1/s1. The molecule has 8 heteroatoms. The van der Waals surface area contributed by atoms with Crippen LogP contribution in [0, 0.1) is 17.0 Å². The normalized spacial score (nSPS) is 19.5. The second-order valence-electron chi connectivity index (χ2n) is 9.44. The maximum Gasteiger partial charge on any atom is 0.254 e. The number of Topliss-reactive ketones (excluding diaryl/α,β-unsaturated/α-hetero) is 1. The first kappa shape index (κ1) is 23.5. The molecule has 2 aromatic carbocycles. The molecule has 0 unspecified atom stereocenters. The van der Waals surface area contributed by atoms with Crippen LogP contribution in [0.1, 0.15) is 45.1 Å². The van der Waals surface area contributed by atoms with Crippen molar-refractivity contribution in [2.24, 2.45) is 5.41 Å². The molecule has 0 bridgehead atoms. The second kappa shape index (κ2) is 8.59. The fourth-order valence-electron chi connectivity index (χ4n) is 4.72. The molecule has 0 aromatic heterocycles. The van der Waals surface area contributed by atoms with Gasteiger partial charge in [-0.3, -0.25) is 9.59 Å². The van der Waals surface area contributed by atoms with Gasteiger partial charge in [-0.25, -0.2) is 8.78 Å². The molecule has 2 aliphatic rings. The molecule has 0 spiro atoms. The van der Waals surface area contributed by atoms with Crippen LogP contribution in [-0.4, -0.2) is 23.9 Å². The van der Waals surface area contributed by atoms with Gasteiger partial charge in [0.05, 0.1) is 12.8 Å². The molecule has 1 aliphatic heterocycles. The summed E-state index contributed by atoms with van der Waals surface area (Å²) in [6, 6.07) is 7.54. The number of nitrogens with one attached hydrogen (secondary N) is 2. The van der Waals surface area contributed by atoms with Crippen molar-refractivity contribution in [2.45, 2.75) is 39.5 Å². The Morgan fingerprint density at radius 3 is 2.59 bits per heavy atom. The lowest BCUT2D eigenvalue weighted by Crippen LogP contribution is -2.39. The lowest BCUT2D eigenvalue weighted by molar-refractivity contribution is -0.118. The number of ether oxygens (including phenoxy) is 1. The number of carbonyl (C=O) groups excluding carboxylic acids is 2. The van der Waals surface area contributed by atoms with Crippen molar-refractivity contribution in [3.63, 3.8) is 0 Å². The van der Waals surface area contributed by atoms with Gasteiger partial charge in [0.25, 0.3) is 5.91 Å². The van der Waals surface area contributed by atoms with E-state index in [1.165, 1.54) is 13.2 Å². The molecular formula is C26H26F2N2O4. The van der Waals surface area contributed by atoms with Crippen LogP contribution in [0.15, 0.2) is 58.9 Å². The first-order valence-corrected chi connectivity index (χ1v) is 10.9. The Morgan fingerprint density at radius 2 is 1.91 bits per heavy atom. The number of phenols is 1. The van der Waals surface area contributed by atoms with Gasteiger partial charge in [-0.2, -0.15) is 0 Å². The van der Waals surface area contributed by atoms with Crippen LogP contribution in [0.2, 0.25) is 0 Å². The lowest BCUT2D eigenvalue weighted by atomic mass is 9.68. The summed E-state index contributed by atoms with van der Waals surface area (Å²) < 4.78 is 32.8. The number of halogens is 2. The molecule has 34 heavy (non-hydrogen) atoms. The van der Waals surface area contributed by atoms with Gasteiger partial charge in [-0.15, -0.1) is 0 Å². The largest absolute Gasteiger partial charge is 0.504 e. The van der Waals surface area contributed by atoms with Crippen LogP contribution < -0.4 is 15.4 Å². The molecule has 2 aromatic rings. The lowest BCUT2D eigenvalue weighted by Gasteiger charge is -2.39. The Kier molecular flexibility index (Phi) is 5.93. The number of allylic oxidation sites excluding steroid dienone is 3. The molecule has 0 fully saturated rings. The van der Waals surface area contributed by atoms with Crippen molar-refractivity contribution >= 4 is 17.4 Å². The van der Waals surface area contributed by atoms with E-state index in [-0.39, 0.29) is 34.0 Å². The van der Waals surface area contributed by atoms with E-state index >= 15 is 0 Å². The van der Waals surface area contributed by atoms with Gasteiger partial charge in [-0.05, 0) is 48.6 Å². The van der Waals surface area contributed by atoms with E-state index in [0.29, 0.717) is 35.7 Å². The van der Waals surface area contributed by atoms with E-state index < -0.39 is 23.5 Å². The number of dihydropyridines is 1. The molecule has 0 radical (unpaired) electrons. The van der Waals surface area contributed by atoms with Crippen molar-refractivity contribution in [1.82, 2.24) is 5.32 Å². The van der Waals surface area contributed by atoms with E-state index in [0.717, 1.165) is 17.8 Å². The quantitative estimate of drug-likeness (QED) is 0.593. The minimum atomic E-state index is -0.909. The fraction of sp³-hybridized carbons (Fsp3) is 0.308. The summed E-state index contributed by atoms with van der Waals surface area (Å²) in [7, 11) is 1.41. The third-order valence-electron chi connectivity index (χ3n) is 6.20. The van der Waals surface area contributed by atoms with Crippen LogP contribution in [0.3, 0.4) is 0 Å². The Hall–Kier alpha value is -3.68. The molecule has 1 heterocycles. The van der Waals surface area contributed by atoms with Crippen LogP contribution in [-0.2, 0) is 9.59 Å². The Balaban J connectivity index is 1.84.